The fraction of sp³-hybridized carbons (Fsp3) is 0.615. The summed E-state index contributed by atoms with van der Waals surface area (Å²) < 4.78 is 0. The Morgan fingerprint density at radius 1 is 1.52 bits per heavy atom. The van der Waals surface area contributed by atoms with Crippen LogP contribution in [0.2, 0.25) is 0 Å². The quantitative estimate of drug-likeness (QED) is 0.770. The van der Waals surface area contributed by atoms with Crippen molar-refractivity contribution in [1.82, 2.24) is 15.2 Å². The summed E-state index contributed by atoms with van der Waals surface area (Å²) in [5.41, 5.74) is 4.97. The van der Waals surface area contributed by atoms with Crippen LogP contribution in [-0.4, -0.2) is 46.4 Å². The monoisotopic (exact) mass is 311 g/mol. The molecule has 0 aromatic carbocycles. The van der Waals surface area contributed by atoms with Gasteiger partial charge < -0.3 is 21.3 Å². The molecule has 1 aliphatic heterocycles. The molecule has 0 atom stereocenters. The second kappa shape index (κ2) is 5.51. The fourth-order valence-corrected chi connectivity index (χ4v) is 3.15. The van der Waals surface area contributed by atoms with Crippen molar-refractivity contribution >= 4 is 34.1 Å². The first kappa shape index (κ1) is 15.6. The van der Waals surface area contributed by atoms with Crippen LogP contribution in [0.1, 0.15) is 37.4 Å². The lowest BCUT2D eigenvalue weighted by molar-refractivity contribution is -0.133. The largest absolute Gasteiger partial charge is 0.382 e. The predicted octanol–water partition coefficient (Wildman–Crippen LogP) is 0.896. The third-order valence-electron chi connectivity index (χ3n) is 3.36. The number of hydrogen-bond donors (Lipinski definition) is 3. The highest BCUT2D eigenvalue weighted by Gasteiger charge is 2.41. The summed E-state index contributed by atoms with van der Waals surface area (Å²) in [5.74, 6) is -0.206. The summed E-state index contributed by atoms with van der Waals surface area (Å²) in [5, 5.41) is 6.51. The Hall–Kier alpha value is -1.83. The Kier molecular flexibility index (Phi) is 4.08. The number of carbonyl (C=O) groups is 2. The van der Waals surface area contributed by atoms with Crippen LogP contribution in [0, 0.1) is 0 Å². The molecule has 0 aliphatic carbocycles. The van der Waals surface area contributed by atoms with E-state index in [1.807, 2.05) is 13.8 Å². The first-order valence-corrected chi connectivity index (χ1v) is 7.68. The number of thiazole rings is 1. The van der Waals surface area contributed by atoms with Crippen LogP contribution < -0.4 is 16.4 Å². The summed E-state index contributed by atoms with van der Waals surface area (Å²) >= 11 is 1.22. The van der Waals surface area contributed by atoms with Crippen molar-refractivity contribution in [2.24, 2.45) is 0 Å². The van der Waals surface area contributed by atoms with E-state index in [9.17, 15) is 9.59 Å². The maximum Gasteiger partial charge on any atom is 0.268 e. The molecule has 2 heterocycles. The first-order chi connectivity index (χ1) is 9.73. The molecule has 0 saturated carbocycles. The molecule has 2 amide bonds. The summed E-state index contributed by atoms with van der Waals surface area (Å²) in [4.78, 5) is 30.7. The number of aromatic nitrogens is 1. The van der Waals surface area contributed by atoms with E-state index in [0.29, 0.717) is 23.1 Å². The van der Waals surface area contributed by atoms with Crippen molar-refractivity contribution in [2.45, 2.75) is 39.3 Å². The number of nitrogens with zero attached hydrogens (tertiary/aromatic N) is 2. The average Bonchev–Trinajstić information content (AvgIpc) is 2.72. The molecule has 1 saturated heterocycles. The van der Waals surface area contributed by atoms with Gasteiger partial charge in [-0.2, -0.15) is 0 Å². The summed E-state index contributed by atoms with van der Waals surface area (Å²) in [7, 11) is 0. The molecule has 0 unspecified atom stereocenters. The number of hydrogen-bond acceptors (Lipinski definition) is 6. The lowest BCUT2D eigenvalue weighted by atomic mass is 9.98. The van der Waals surface area contributed by atoms with E-state index in [1.54, 1.807) is 18.7 Å². The molecule has 1 aromatic heterocycles. The van der Waals surface area contributed by atoms with Gasteiger partial charge in [-0.15, -0.1) is 0 Å². The summed E-state index contributed by atoms with van der Waals surface area (Å²) in [6.07, 6.45) is 0. The Morgan fingerprint density at radius 2 is 2.19 bits per heavy atom. The normalized spacial score (nSPS) is 17.8. The maximum absolute atomic E-state index is 12.7. The minimum absolute atomic E-state index is 0.161. The molecule has 21 heavy (non-hydrogen) atoms. The summed E-state index contributed by atoms with van der Waals surface area (Å²) in [6, 6.07) is 0.204. The second-order valence-electron chi connectivity index (χ2n) is 5.80. The number of nitrogens with two attached hydrogens (primary N) is 1. The van der Waals surface area contributed by atoms with Crippen molar-refractivity contribution in [3.05, 3.63) is 4.88 Å². The zero-order chi connectivity index (χ0) is 15.8. The number of nitrogens with one attached hydrogen (secondary N) is 2. The van der Waals surface area contributed by atoms with Crippen LogP contribution >= 0.6 is 11.3 Å². The van der Waals surface area contributed by atoms with E-state index in [1.165, 1.54) is 11.3 Å². The zero-order valence-corrected chi connectivity index (χ0v) is 13.5. The van der Waals surface area contributed by atoms with Gasteiger partial charge in [0.05, 0.1) is 0 Å². The second-order valence-corrected chi connectivity index (χ2v) is 6.80. The number of carbonyl (C=O) groups excluding carboxylic acids is 2. The minimum atomic E-state index is -0.891. The number of anilines is 2. The SMILES string of the molecule is CC(C)Nc1nc(N)c(C(=O)N2CCNC(=O)C2(C)C)s1. The van der Waals surface area contributed by atoms with Crippen molar-refractivity contribution < 1.29 is 9.59 Å². The number of rotatable bonds is 3. The molecule has 7 nitrogen and oxygen atoms in total. The van der Waals surface area contributed by atoms with Crippen LogP contribution in [0.3, 0.4) is 0 Å². The van der Waals surface area contributed by atoms with Crippen molar-refractivity contribution in [1.29, 1.82) is 0 Å². The molecule has 0 spiro atoms. The Labute approximate surface area is 127 Å². The molecule has 1 fully saturated rings. The van der Waals surface area contributed by atoms with E-state index in [2.05, 4.69) is 15.6 Å². The van der Waals surface area contributed by atoms with Gasteiger partial charge in [0, 0.05) is 19.1 Å². The fourth-order valence-electron chi connectivity index (χ4n) is 2.17. The standard InChI is InChI=1S/C13H21N5O2S/c1-7(2)16-12-17-9(14)8(21-12)10(19)18-6-5-15-11(20)13(18,3)4/h7H,5-6,14H2,1-4H3,(H,15,20)(H,16,17). The van der Waals surface area contributed by atoms with E-state index in [-0.39, 0.29) is 23.7 Å². The van der Waals surface area contributed by atoms with Crippen molar-refractivity contribution in [3.63, 3.8) is 0 Å². The molecule has 1 aliphatic rings. The van der Waals surface area contributed by atoms with E-state index >= 15 is 0 Å². The van der Waals surface area contributed by atoms with Gasteiger partial charge in [-0.3, -0.25) is 9.59 Å². The highest BCUT2D eigenvalue weighted by atomic mass is 32.1. The van der Waals surface area contributed by atoms with Crippen molar-refractivity contribution in [3.8, 4) is 0 Å². The smallest absolute Gasteiger partial charge is 0.268 e. The Morgan fingerprint density at radius 3 is 2.81 bits per heavy atom. The third-order valence-corrected chi connectivity index (χ3v) is 4.35. The number of piperazine rings is 1. The summed E-state index contributed by atoms with van der Waals surface area (Å²) in [6.45, 7) is 8.33. The highest BCUT2D eigenvalue weighted by Crippen LogP contribution is 2.29. The molecule has 116 valence electrons. The molecular weight excluding hydrogens is 290 g/mol. The van der Waals surface area contributed by atoms with Crippen LogP contribution in [-0.2, 0) is 4.79 Å². The number of amides is 2. The van der Waals surface area contributed by atoms with Crippen molar-refractivity contribution in [2.75, 3.05) is 24.1 Å². The van der Waals surface area contributed by atoms with Gasteiger partial charge in [0.25, 0.3) is 5.91 Å². The van der Waals surface area contributed by atoms with Crippen LogP contribution in [0.4, 0.5) is 10.9 Å². The molecular formula is C13H21N5O2S. The molecule has 0 radical (unpaired) electrons. The van der Waals surface area contributed by atoms with Crippen LogP contribution in [0.25, 0.3) is 0 Å². The molecule has 1 aromatic rings. The first-order valence-electron chi connectivity index (χ1n) is 6.86. The van der Waals surface area contributed by atoms with E-state index < -0.39 is 5.54 Å². The van der Waals surface area contributed by atoms with Gasteiger partial charge >= 0.3 is 0 Å². The Balaban J connectivity index is 2.27. The van der Waals surface area contributed by atoms with Crippen LogP contribution in [0.15, 0.2) is 0 Å². The van der Waals surface area contributed by atoms with E-state index in [0.717, 1.165) is 0 Å². The average molecular weight is 311 g/mol. The lowest BCUT2D eigenvalue weighted by Crippen LogP contribution is -2.63. The van der Waals surface area contributed by atoms with Gasteiger partial charge in [-0.1, -0.05) is 11.3 Å². The predicted molar refractivity (Wildman–Crippen MR) is 83.4 cm³/mol. The molecule has 0 bridgehead atoms. The highest BCUT2D eigenvalue weighted by molar-refractivity contribution is 7.18. The van der Waals surface area contributed by atoms with Crippen LogP contribution in [0.5, 0.6) is 0 Å². The molecule has 4 N–H and O–H groups in total. The third kappa shape index (κ3) is 2.94. The number of nitrogen functional groups attached to an aromatic ring is 1. The van der Waals surface area contributed by atoms with Gasteiger partial charge in [0.2, 0.25) is 5.91 Å². The zero-order valence-electron chi connectivity index (χ0n) is 12.7. The molecule has 8 heteroatoms. The minimum Gasteiger partial charge on any atom is -0.382 e. The van der Waals surface area contributed by atoms with Gasteiger partial charge in [-0.05, 0) is 27.7 Å². The maximum atomic E-state index is 12.7. The van der Waals surface area contributed by atoms with Gasteiger partial charge in [-0.25, -0.2) is 4.98 Å². The molecule has 2 rings (SSSR count). The lowest BCUT2D eigenvalue weighted by Gasteiger charge is -2.40. The Bertz CT molecular complexity index is 567. The van der Waals surface area contributed by atoms with Gasteiger partial charge in [0.1, 0.15) is 16.2 Å². The van der Waals surface area contributed by atoms with Gasteiger partial charge in [0.15, 0.2) is 5.13 Å². The van der Waals surface area contributed by atoms with E-state index in [4.69, 9.17) is 5.73 Å². The topological polar surface area (TPSA) is 100 Å².